The molecule has 0 bridgehead atoms. The quantitative estimate of drug-likeness (QED) is 0.320. The maximum atomic E-state index is 14.8. The Morgan fingerprint density at radius 1 is 1.10 bits per heavy atom. The Labute approximate surface area is 227 Å². The van der Waals surface area contributed by atoms with Crippen LogP contribution < -0.4 is 5.32 Å². The molecule has 3 aromatic rings. The number of nitrogens with one attached hydrogen (secondary N) is 1. The average Bonchev–Trinajstić information content (AvgIpc) is 3.46. The van der Waals surface area contributed by atoms with E-state index in [1.165, 1.54) is 13.0 Å². The zero-order valence-electron chi connectivity index (χ0n) is 20.1. The number of benzene rings is 2. The summed E-state index contributed by atoms with van der Waals surface area (Å²) in [5, 5.41) is 7.82. The number of amides is 1. The third kappa shape index (κ3) is 6.08. The Bertz CT molecular complexity index is 1530. The van der Waals surface area contributed by atoms with Gasteiger partial charge >= 0.3 is 18.5 Å². The zero-order valence-corrected chi connectivity index (χ0v) is 20.9. The summed E-state index contributed by atoms with van der Waals surface area (Å²) in [6, 6.07) is 3.58. The number of hydrogen-bond acceptors (Lipinski definition) is 5. The minimum atomic E-state index is -5.45. The third-order valence-electron chi connectivity index (χ3n) is 5.88. The summed E-state index contributed by atoms with van der Waals surface area (Å²) >= 11 is 5.49. The fraction of sp³-hybridized carbons (Fsp3) is 0.304. The molecule has 18 heteroatoms. The molecule has 0 radical (unpaired) electrons. The second-order valence-corrected chi connectivity index (χ2v) is 9.22. The van der Waals surface area contributed by atoms with E-state index in [9.17, 15) is 48.7 Å². The van der Waals surface area contributed by atoms with Crippen LogP contribution in [0.3, 0.4) is 0 Å². The predicted octanol–water partition coefficient (Wildman–Crippen LogP) is 6.79. The highest BCUT2D eigenvalue weighted by atomic mass is 35.5. The van der Waals surface area contributed by atoms with Crippen LogP contribution in [0.4, 0.5) is 49.9 Å². The molecule has 1 aromatic heterocycles. The Morgan fingerprint density at radius 2 is 1.78 bits per heavy atom. The molecular formula is C23H14ClF10N5O2. The van der Waals surface area contributed by atoms with Crippen molar-refractivity contribution in [3.8, 4) is 0 Å². The molecule has 4 rings (SSSR count). The van der Waals surface area contributed by atoms with Crippen LogP contribution in [0, 0.1) is 12.7 Å². The van der Waals surface area contributed by atoms with E-state index in [-0.39, 0.29) is 28.8 Å². The van der Waals surface area contributed by atoms with Gasteiger partial charge in [-0.2, -0.15) is 39.5 Å². The largest absolute Gasteiger partial charge is 0.435 e. The van der Waals surface area contributed by atoms with Crippen molar-refractivity contribution in [2.75, 3.05) is 5.32 Å². The summed E-state index contributed by atoms with van der Waals surface area (Å²) in [7, 11) is 0. The molecule has 1 amide bonds. The molecule has 2 aromatic carbocycles. The summed E-state index contributed by atoms with van der Waals surface area (Å²) in [6.45, 7) is -0.0858. The second-order valence-electron chi connectivity index (χ2n) is 8.81. The van der Waals surface area contributed by atoms with E-state index in [0.717, 1.165) is 18.5 Å². The zero-order chi connectivity index (χ0) is 30.5. The van der Waals surface area contributed by atoms with Crippen molar-refractivity contribution in [1.82, 2.24) is 14.8 Å². The van der Waals surface area contributed by atoms with Crippen molar-refractivity contribution in [2.24, 2.45) is 5.16 Å². The highest BCUT2D eigenvalue weighted by Gasteiger charge is 2.64. The van der Waals surface area contributed by atoms with Gasteiger partial charge in [0.1, 0.15) is 18.7 Å². The second kappa shape index (κ2) is 10.2. The van der Waals surface area contributed by atoms with Gasteiger partial charge in [-0.25, -0.2) is 14.1 Å². The fourth-order valence-corrected chi connectivity index (χ4v) is 4.18. The van der Waals surface area contributed by atoms with Crippen LogP contribution in [0.1, 0.15) is 39.0 Å². The van der Waals surface area contributed by atoms with Gasteiger partial charge in [0.25, 0.3) is 11.5 Å². The predicted molar refractivity (Wildman–Crippen MR) is 122 cm³/mol. The lowest BCUT2D eigenvalue weighted by atomic mass is 9.85. The first-order chi connectivity index (χ1) is 18.8. The lowest BCUT2D eigenvalue weighted by molar-refractivity contribution is -0.276. The van der Waals surface area contributed by atoms with E-state index in [1.807, 2.05) is 0 Å². The fourth-order valence-electron chi connectivity index (χ4n) is 3.96. The number of hydrogen-bond donors (Lipinski definition) is 1. The minimum absolute atomic E-state index is 0.0452. The molecule has 2 heterocycles. The van der Waals surface area contributed by atoms with Gasteiger partial charge in [0.05, 0.1) is 22.7 Å². The minimum Gasteiger partial charge on any atom is -0.374 e. The van der Waals surface area contributed by atoms with Crippen LogP contribution >= 0.6 is 11.6 Å². The van der Waals surface area contributed by atoms with Crippen molar-refractivity contribution in [3.63, 3.8) is 0 Å². The standard InChI is InChI=1S/C23H14ClF10N5O2/c1-10-4-11(2-3-13(10)18(40)36-19-35-9-39(37-19)8-21(26,27)28)16-7-20(41-38-16,23(32,33)34)14-5-12(22(29,30)31)6-15(24)17(14)25/h2-6,9H,7-8H2,1H3,(H,36,37,40). The highest BCUT2D eigenvalue weighted by Crippen LogP contribution is 2.51. The number of carbonyl (C=O) groups is 1. The maximum absolute atomic E-state index is 14.8. The molecule has 1 atom stereocenters. The summed E-state index contributed by atoms with van der Waals surface area (Å²) in [6.07, 6.45) is -15.7. The van der Waals surface area contributed by atoms with Gasteiger partial charge in [0.15, 0.2) is 0 Å². The van der Waals surface area contributed by atoms with Crippen molar-refractivity contribution in [3.05, 3.63) is 75.3 Å². The third-order valence-corrected chi connectivity index (χ3v) is 6.16. The Balaban J connectivity index is 1.60. The van der Waals surface area contributed by atoms with Gasteiger partial charge in [-0.05, 0) is 42.3 Å². The van der Waals surface area contributed by atoms with Gasteiger partial charge in [-0.1, -0.05) is 22.8 Å². The molecule has 0 fully saturated rings. The lowest BCUT2D eigenvalue weighted by Crippen LogP contribution is -2.43. The van der Waals surface area contributed by atoms with Gasteiger partial charge in [-0.15, -0.1) is 5.10 Å². The number of carbonyl (C=O) groups excluding carboxylic acids is 1. The molecule has 1 aliphatic heterocycles. The van der Waals surface area contributed by atoms with E-state index in [1.54, 1.807) is 0 Å². The number of nitrogens with zero attached hydrogens (tertiary/aromatic N) is 4. The average molecular weight is 618 g/mol. The molecule has 1 unspecified atom stereocenters. The van der Waals surface area contributed by atoms with Crippen LogP contribution in [0.15, 0.2) is 41.8 Å². The van der Waals surface area contributed by atoms with E-state index < -0.39 is 76.6 Å². The molecular weight excluding hydrogens is 604 g/mol. The monoisotopic (exact) mass is 617 g/mol. The van der Waals surface area contributed by atoms with Gasteiger partial charge in [0.2, 0.25) is 5.95 Å². The van der Waals surface area contributed by atoms with Gasteiger partial charge in [0, 0.05) is 11.1 Å². The van der Waals surface area contributed by atoms with E-state index in [2.05, 4.69) is 25.4 Å². The van der Waals surface area contributed by atoms with Crippen molar-refractivity contribution >= 4 is 29.2 Å². The van der Waals surface area contributed by atoms with Crippen LogP contribution in [-0.2, 0) is 23.2 Å². The number of rotatable bonds is 5. The van der Waals surface area contributed by atoms with Gasteiger partial charge < -0.3 is 4.84 Å². The molecule has 7 nitrogen and oxygen atoms in total. The van der Waals surface area contributed by atoms with E-state index in [0.29, 0.717) is 4.68 Å². The number of oxime groups is 1. The Morgan fingerprint density at radius 3 is 2.37 bits per heavy atom. The molecule has 0 saturated carbocycles. The van der Waals surface area contributed by atoms with Crippen LogP contribution in [0.5, 0.6) is 0 Å². The first-order valence-electron chi connectivity index (χ1n) is 11.1. The first-order valence-corrected chi connectivity index (χ1v) is 11.5. The normalized spacial score (nSPS) is 17.8. The summed E-state index contributed by atoms with van der Waals surface area (Å²) in [4.78, 5) is 20.8. The molecule has 220 valence electrons. The Kier molecular flexibility index (Phi) is 7.47. The lowest BCUT2D eigenvalue weighted by Gasteiger charge is -2.30. The summed E-state index contributed by atoms with van der Waals surface area (Å²) in [5.41, 5.74) is -7.21. The summed E-state index contributed by atoms with van der Waals surface area (Å²) in [5.74, 6) is -3.09. The molecule has 1 N–H and O–H groups in total. The van der Waals surface area contributed by atoms with E-state index in [4.69, 9.17) is 11.6 Å². The number of aromatic nitrogens is 3. The number of aryl methyl sites for hydroxylation is 1. The summed E-state index contributed by atoms with van der Waals surface area (Å²) < 4.78 is 135. The topological polar surface area (TPSA) is 81.4 Å². The molecule has 0 saturated heterocycles. The van der Waals surface area contributed by atoms with Crippen LogP contribution in [0.25, 0.3) is 0 Å². The van der Waals surface area contributed by atoms with Crippen LogP contribution in [0.2, 0.25) is 5.02 Å². The number of anilines is 1. The van der Waals surface area contributed by atoms with Crippen molar-refractivity contribution in [2.45, 2.75) is 44.0 Å². The smallest absolute Gasteiger partial charge is 0.374 e. The molecule has 41 heavy (non-hydrogen) atoms. The SMILES string of the molecule is Cc1cc(C2=NOC(c3cc(C(F)(F)F)cc(Cl)c3F)(C(F)(F)F)C2)ccc1C(=O)Nc1ncn(CC(F)(F)F)n1. The highest BCUT2D eigenvalue weighted by molar-refractivity contribution is 6.30. The van der Waals surface area contributed by atoms with E-state index >= 15 is 0 Å². The Hall–Kier alpha value is -3.89. The number of alkyl halides is 9. The van der Waals surface area contributed by atoms with Crippen molar-refractivity contribution < 1.29 is 53.5 Å². The first kappa shape index (κ1) is 30.1. The van der Waals surface area contributed by atoms with Crippen molar-refractivity contribution in [1.29, 1.82) is 0 Å². The molecule has 0 aliphatic carbocycles. The maximum Gasteiger partial charge on any atom is 0.435 e. The van der Waals surface area contributed by atoms with Crippen LogP contribution in [-0.4, -0.2) is 38.7 Å². The molecule has 1 aliphatic rings. The number of halogens is 11. The molecule has 0 spiro atoms. The van der Waals surface area contributed by atoms with Gasteiger partial charge in [-0.3, -0.25) is 10.1 Å².